The Hall–Kier alpha value is -1.29. The lowest BCUT2D eigenvalue weighted by Crippen LogP contribution is -2.26. The van der Waals surface area contributed by atoms with E-state index in [9.17, 15) is 21.6 Å². The molecule has 25 heavy (non-hydrogen) atoms. The largest absolute Gasteiger partial charge is 0.435 e. The van der Waals surface area contributed by atoms with E-state index in [0.717, 1.165) is 6.07 Å². The Morgan fingerprint density at radius 1 is 1.24 bits per heavy atom. The predicted octanol–water partition coefficient (Wildman–Crippen LogP) is 3.89. The minimum Gasteiger partial charge on any atom is -0.269 e. The van der Waals surface area contributed by atoms with Gasteiger partial charge < -0.3 is 0 Å². The first-order valence-electron chi connectivity index (χ1n) is 7.07. The zero-order chi connectivity index (χ0) is 18.8. The first-order valence-corrected chi connectivity index (χ1v) is 9.31. The van der Waals surface area contributed by atoms with Crippen LogP contribution in [0.5, 0.6) is 0 Å². The van der Waals surface area contributed by atoms with Gasteiger partial charge in [-0.1, -0.05) is 23.2 Å². The van der Waals surface area contributed by atoms with Gasteiger partial charge in [0.15, 0.2) is 5.69 Å². The second-order valence-electron chi connectivity index (χ2n) is 5.22. The highest BCUT2D eigenvalue weighted by Gasteiger charge is 2.34. The molecule has 0 radical (unpaired) electrons. The minimum atomic E-state index is -4.51. The van der Waals surface area contributed by atoms with Crippen LogP contribution in [-0.2, 0) is 22.7 Å². The van der Waals surface area contributed by atoms with Crippen molar-refractivity contribution in [3.63, 3.8) is 0 Å². The van der Waals surface area contributed by atoms with E-state index in [0.29, 0.717) is 5.69 Å². The molecule has 0 aliphatic heterocycles. The molecule has 11 heteroatoms. The van der Waals surface area contributed by atoms with Gasteiger partial charge in [-0.3, -0.25) is 4.68 Å². The van der Waals surface area contributed by atoms with Crippen molar-refractivity contribution in [1.82, 2.24) is 14.5 Å². The van der Waals surface area contributed by atoms with E-state index in [4.69, 9.17) is 23.2 Å². The monoisotopic (exact) mass is 415 g/mol. The van der Waals surface area contributed by atoms with Crippen molar-refractivity contribution in [2.75, 3.05) is 6.54 Å². The first-order chi connectivity index (χ1) is 11.5. The SMILES string of the molecule is Cc1cc(C(F)(F)F)nn1CCCNS(=O)(=O)c1cc(Cl)ccc1Cl. The fourth-order valence-corrected chi connectivity index (χ4v) is 3.91. The lowest BCUT2D eigenvalue weighted by Gasteiger charge is -2.09. The topological polar surface area (TPSA) is 64.0 Å². The number of benzene rings is 1. The Bertz CT molecular complexity index is 867. The molecule has 0 saturated carbocycles. The average Bonchev–Trinajstić information content (AvgIpc) is 2.87. The summed E-state index contributed by atoms with van der Waals surface area (Å²) in [5, 5.41) is 3.72. The number of hydrogen-bond donors (Lipinski definition) is 1. The van der Waals surface area contributed by atoms with Crippen LogP contribution in [0, 0.1) is 6.92 Å². The van der Waals surface area contributed by atoms with Crippen molar-refractivity contribution in [1.29, 1.82) is 0 Å². The van der Waals surface area contributed by atoms with E-state index in [-0.39, 0.29) is 34.5 Å². The summed E-state index contributed by atoms with van der Waals surface area (Å²) in [6.45, 7) is 1.64. The quantitative estimate of drug-likeness (QED) is 0.727. The molecule has 0 atom stereocenters. The lowest BCUT2D eigenvalue weighted by atomic mass is 10.3. The normalized spacial score (nSPS) is 12.6. The van der Waals surface area contributed by atoms with Crippen LogP contribution in [0.3, 0.4) is 0 Å². The zero-order valence-corrected chi connectivity index (χ0v) is 15.3. The molecule has 1 aromatic carbocycles. The van der Waals surface area contributed by atoms with Crippen molar-refractivity contribution < 1.29 is 21.6 Å². The minimum absolute atomic E-state index is 0.00578. The van der Waals surface area contributed by atoms with Crippen LogP contribution in [0.2, 0.25) is 10.0 Å². The molecular weight excluding hydrogens is 402 g/mol. The van der Waals surface area contributed by atoms with E-state index >= 15 is 0 Å². The Morgan fingerprint density at radius 3 is 2.52 bits per heavy atom. The highest BCUT2D eigenvalue weighted by molar-refractivity contribution is 7.89. The molecule has 0 fully saturated rings. The Labute approximate surface area is 152 Å². The number of sulfonamides is 1. The molecule has 0 spiro atoms. The third kappa shape index (κ3) is 5.10. The molecule has 0 aliphatic carbocycles. The molecule has 2 aromatic rings. The average molecular weight is 416 g/mol. The number of nitrogens with zero attached hydrogens (tertiary/aromatic N) is 2. The van der Waals surface area contributed by atoms with Crippen molar-refractivity contribution >= 4 is 33.2 Å². The van der Waals surface area contributed by atoms with Crippen molar-refractivity contribution in [3.05, 3.63) is 45.7 Å². The summed E-state index contributed by atoms with van der Waals surface area (Å²) in [5.41, 5.74) is -0.635. The second-order valence-corrected chi connectivity index (χ2v) is 7.80. The van der Waals surface area contributed by atoms with E-state index in [1.807, 2.05) is 0 Å². The molecule has 2 rings (SSSR count). The first kappa shape index (κ1) is 20.0. The van der Waals surface area contributed by atoms with Gasteiger partial charge in [0.2, 0.25) is 10.0 Å². The summed E-state index contributed by atoms with van der Waals surface area (Å²) in [6.07, 6.45) is -4.27. The fraction of sp³-hybridized carbons (Fsp3) is 0.357. The molecule has 5 nitrogen and oxygen atoms in total. The van der Waals surface area contributed by atoms with Crippen LogP contribution in [-0.4, -0.2) is 24.7 Å². The predicted molar refractivity (Wildman–Crippen MR) is 88.2 cm³/mol. The van der Waals surface area contributed by atoms with Gasteiger partial charge in [0.1, 0.15) is 4.90 Å². The zero-order valence-electron chi connectivity index (χ0n) is 12.9. The molecule has 0 amide bonds. The third-order valence-electron chi connectivity index (χ3n) is 3.29. The van der Waals surface area contributed by atoms with Crippen LogP contribution in [0.15, 0.2) is 29.2 Å². The second kappa shape index (κ2) is 7.53. The van der Waals surface area contributed by atoms with Crippen LogP contribution in [0.25, 0.3) is 0 Å². The summed E-state index contributed by atoms with van der Waals surface area (Å²) in [7, 11) is -3.87. The Morgan fingerprint density at radius 2 is 1.92 bits per heavy atom. The smallest absolute Gasteiger partial charge is 0.269 e. The third-order valence-corrected chi connectivity index (χ3v) is 5.47. The maximum absolute atomic E-state index is 12.6. The van der Waals surface area contributed by atoms with E-state index < -0.39 is 21.9 Å². The number of aromatic nitrogens is 2. The van der Waals surface area contributed by atoms with Gasteiger partial charge in [-0.25, -0.2) is 13.1 Å². The molecule has 138 valence electrons. The van der Waals surface area contributed by atoms with Gasteiger partial charge in [0.25, 0.3) is 0 Å². The molecule has 0 unspecified atom stereocenters. The highest BCUT2D eigenvalue weighted by atomic mass is 35.5. The Kier molecular flexibility index (Phi) is 6.03. The van der Waals surface area contributed by atoms with E-state index in [1.54, 1.807) is 0 Å². The van der Waals surface area contributed by atoms with Crippen molar-refractivity contribution in [2.24, 2.45) is 0 Å². The number of halogens is 5. The summed E-state index contributed by atoms with van der Waals surface area (Å²) in [6, 6.07) is 4.99. The summed E-state index contributed by atoms with van der Waals surface area (Å²) < 4.78 is 65.7. The molecule has 1 heterocycles. The summed E-state index contributed by atoms with van der Waals surface area (Å²) >= 11 is 11.6. The maximum atomic E-state index is 12.6. The molecule has 0 aliphatic rings. The summed E-state index contributed by atoms with van der Waals surface area (Å²) in [5.74, 6) is 0. The fourth-order valence-electron chi connectivity index (χ4n) is 2.07. The lowest BCUT2D eigenvalue weighted by molar-refractivity contribution is -0.141. The van der Waals surface area contributed by atoms with Gasteiger partial charge in [0.05, 0.1) is 5.02 Å². The van der Waals surface area contributed by atoms with E-state index in [1.165, 1.54) is 29.8 Å². The molecule has 1 aromatic heterocycles. The van der Waals surface area contributed by atoms with Gasteiger partial charge in [-0.05, 0) is 37.6 Å². The standard InChI is InChI=1S/C14H14Cl2F3N3O2S/c1-9-7-13(14(17,18)19)21-22(9)6-2-5-20-25(23,24)12-8-10(15)3-4-11(12)16/h3-4,7-8,20H,2,5-6H2,1H3. The van der Waals surface area contributed by atoms with Gasteiger partial charge in [-0.15, -0.1) is 0 Å². The van der Waals surface area contributed by atoms with Crippen LogP contribution in [0.1, 0.15) is 17.8 Å². The molecule has 1 N–H and O–H groups in total. The van der Waals surface area contributed by atoms with Crippen LogP contribution in [0.4, 0.5) is 13.2 Å². The van der Waals surface area contributed by atoms with Crippen LogP contribution >= 0.6 is 23.2 Å². The Balaban J connectivity index is 1.97. The summed E-state index contributed by atoms with van der Waals surface area (Å²) in [4.78, 5) is -0.156. The highest BCUT2D eigenvalue weighted by Crippen LogP contribution is 2.28. The number of alkyl halides is 3. The molecule has 0 saturated heterocycles. The van der Waals surface area contributed by atoms with Crippen LogP contribution < -0.4 is 4.72 Å². The van der Waals surface area contributed by atoms with Gasteiger partial charge >= 0.3 is 6.18 Å². The van der Waals surface area contributed by atoms with E-state index in [2.05, 4.69) is 9.82 Å². The number of nitrogens with one attached hydrogen (secondary N) is 1. The number of rotatable bonds is 6. The number of aryl methyl sites for hydroxylation is 2. The maximum Gasteiger partial charge on any atom is 0.435 e. The van der Waals surface area contributed by atoms with Crippen molar-refractivity contribution in [3.8, 4) is 0 Å². The molecule has 0 bridgehead atoms. The number of hydrogen-bond acceptors (Lipinski definition) is 3. The van der Waals surface area contributed by atoms with Gasteiger partial charge in [-0.2, -0.15) is 18.3 Å². The van der Waals surface area contributed by atoms with Gasteiger partial charge in [0, 0.05) is 23.8 Å². The van der Waals surface area contributed by atoms with Crippen molar-refractivity contribution in [2.45, 2.75) is 31.0 Å². The molecular formula is C14H14Cl2F3N3O2S.